The zero-order valence-corrected chi connectivity index (χ0v) is 12.9. The van der Waals surface area contributed by atoms with Gasteiger partial charge in [0.15, 0.2) is 0 Å². The highest BCUT2D eigenvalue weighted by Crippen LogP contribution is 2.20. The van der Waals surface area contributed by atoms with E-state index in [1.165, 1.54) is 17.8 Å². The third kappa shape index (κ3) is 6.39. The molecule has 1 aromatic carbocycles. The lowest BCUT2D eigenvalue weighted by Crippen LogP contribution is -2.33. The van der Waals surface area contributed by atoms with Gasteiger partial charge >= 0.3 is 5.97 Å². The minimum atomic E-state index is -0.197. The first-order valence-corrected chi connectivity index (χ1v) is 7.91. The van der Waals surface area contributed by atoms with Crippen molar-refractivity contribution in [2.75, 3.05) is 32.0 Å². The molecule has 0 spiro atoms. The molecule has 0 aliphatic carbocycles. The minimum Gasteiger partial charge on any atom is -0.465 e. The molecule has 0 amide bonds. The third-order valence-corrected chi connectivity index (χ3v) is 3.73. The first kappa shape index (κ1) is 17.0. The predicted octanol–water partition coefficient (Wildman–Crippen LogP) is 3.19. The van der Waals surface area contributed by atoms with Crippen LogP contribution in [0.2, 0.25) is 0 Å². The number of rotatable bonds is 9. The second-order valence-electron chi connectivity index (χ2n) is 4.36. The molecule has 0 fully saturated rings. The molecule has 0 atom stereocenters. The van der Waals surface area contributed by atoms with Crippen LogP contribution in [0.3, 0.4) is 0 Å². The summed E-state index contributed by atoms with van der Waals surface area (Å²) in [5.41, 5.74) is 0. The lowest BCUT2D eigenvalue weighted by molar-refractivity contribution is -0.144. The summed E-state index contributed by atoms with van der Waals surface area (Å²) in [6.07, 6.45) is 0.976. The van der Waals surface area contributed by atoms with Gasteiger partial charge < -0.3 is 4.74 Å². The lowest BCUT2D eigenvalue weighted by atomic mass is 10.3. The molecule has 0 aromatic heterocycles. The van der Waals surface area contributed by atoms with Crippen molar-refractivity contribution in [3.8, 4) is 0 Å². The van der Waals surface area contributed by atoms with Crippen LogP contribution in [-0.2, 0) is 9.53 Å². The summed E-state index contributed by atoms with van der Waals surface area (Å²) in [6, 6.07) is 6.75. The Bertz CT molecular complexity index is 415. The largest absolute Gasteiger partial charge is 0.465 e. The van der Waals surface area contributed by atoms with Gasteiger partial charge in [-0.1, -0.05) is 19.1 Å². The molecule has 0 heterocycles. The number of nitrogens with zero attached hydrogens (tertiary/aromatic N) is 1. The number of halogens is 1. The first-order chi connectivity index (χ1) is 9.67. The van der Waals surface area contributed by atoms with Gasteiger partial charge in [0.25, 0.3) is 0 Å². The van der Waals surface area contributed by atoms with E-state index in [1.54, 1.807) is 19.1 Å². The minimum absolute atomic E-state index is 0.190. The van der Waals surface area contributed by atoms with Crippen molar-refractivity contribution in [2.24, 2.45) is 0 Å². The van der Waals surface area contributed by atoms with Crippen LogP contribution >= 0.6 is 11.8 Å². The molecule has 3 nitrogen and oxygen atoms in total. The summed E-state index contributed by atoms with van der Waals surface area (Å²) in [5.74, 6) is 0.363. The van der Waals surface area contributed by atoms with E-state index in [9.17, 15) is 9.18 Å². The molecule has 0 radical (unpaired) electrons. The number of esters is 1. The quantitative estimate of drug-likeness (QED) is 0.517. The third-order valence-electron chi connectivity index (χ3n) is 2.70. The Hall–Kier alpha value is -1.07. The SMILES string of the molecule is CCCN(CCSc1ccccc1F)CC(=O)OCC. The molecule has 1 rings (SSSR count). The normalized spacial score (nSPS) is 10.8. The summed E-state index contributed by atoms with van der Waals surface area (Å²) in [4.78, 5) is 14.2. The first-order valence-electron chi connectivity index (χ1n) is 6.92. The molecule has 0 saturated heterocycles. The lowest BCUT2D eigenvalue weighted by Gasteiger charge is -2.20. The van der Waals surface area contributed by atoms with Crippen molar-refractivity contribution in [3.63, 3.8) is 0 Å². The van der Waals surface area contributed by atoms with Crippen LogP contribution in [0.15, 0.2) is 29.2 Å². The maximum atomic E-state index is 13.5. The summed E-state index contributed by atoms with van der Waals surface area (Å²) in [5, 5.41) is 0. The van der Waals surface area contributed by atoms with Crippen LogP contribution in [0.1, 0.15) is 20.3 Å². The Balaban J connectivity index is 2.39. The molecule has 1 aromatic rings. The molecule has 0 saturated carbocycles. The average molecular weight is 299 g/mol. The van der Waals surface area contributed by atoms with Gasteiger partial charge in [-0.3, -0.25) is 9.69 Å². The Morgan fingerprint density at radius 2 is 2.05 bits per heavy atom. The Labute approximate surface area is 124 Å². The van der Waals surface area contributed by atoms with Crippen molar-refractivity contribution in [1.29, 1.82) is 0 Å². The molecule has 0 aliphatic rings. The van der Waals surface area contributed by atoms with Crippen molar-refractivity contribution < 1.29 is 13.9 Å². The zero-order valence-electron chi connectivity index (χ0n) is 12.1. The summed E-state index contributed by atoms with van der Waals surface area (Å²) >= 11 is 1.47. The van der Waals surface area contributed by atoms with E-state index in [0.717, 1.165) is 25.3 Å². The van der Waals surface area contributed by atoms with Gasteiger partial charge in [0.05, 0.1) is 13.2 Å². The van der Waals surface area contributed by atoms with Crippen LogP contribution in [-0.4, -0.2) is 42.9 Å². The van der Waals surface area contributed by atoms with Crippen LogP contribution in [0.5, 0.6) is 0 Å². The number of thioether (sulfide) groups is 1. The smallest absolute Gasteiger partial charge is 0.320 e. The van der Waals surface area contributed by atoms with Crippen LogP contribution < -0.4 is 0 Å². The fraction of sp³-hybridized carbons (Fsp3) is 0.533. The molecule has 20 heavy (non-hydrogen) atoms. The van der Waals surface area contributed by atoms with E-state index in [4.69, 9.17) is 4.74 Å². The number of benzene rings is 1. The average Bonchev–Trinajstić information content (AvgIpc) is 2.41. The second-order valence-corrected chi connectivity index (χ2v) is 5.50. The molecule has 112 valence electrons. The molecular formula is C15H22FNO2S. The fourth-order valence-corrected chi connectivity index (χ4v) is 2.77. The predicted molar refractivity (Wildman–Crippen MR) is 80.5 cm³/mol. The highest BCUT2D eigenvalue weighted by molar-refractivity contribution is 7.99. The molecule has 0 bridgehead atoms. The van der Waals surface area contributed by atoms with E-state index >= 15 is 0 Å². The van der Waals surface area contributed by atoms with Crippen molar-refractivity contribution in [2.45, 2.75) is 25.2 Å². The molecule has 5 heteroatoms. The maximum absolute atomic E-state index is 13.5. The van der Waals surface area contributed by atoms with Gasteiger partial charge in [0.1, 0.15) is 5.82 Å². The molecule has 0 aliphatic heterocycles. The number of carbonyl (C=O) groups excluding carboxylic acids is 1. The van der Waals surface area contributed by atoms with Crippen molar-refractivity contribution >= 4 is 17.7 Å². The zero-order chi connectivity index (χ0) is 14.8. The van der Waals surface area contributed by atoms with Gasteiger partial charge in [0, 0.05) is 17.2 Å². The molecular weight excluding hydrogens is 277 g/mol. The van der Waals surface area contributed by atoms with E-state index in [0.29, 0.717) is 18.0 Å². The van der Waals surface area contributed by atoms with Gasteiger partial charge in [-0.25, -0.2) is 4.39 Å². The van der Waals surface area contributed by atoms with Gasteiger partial charge in [-0.2, -0.15) is 0 Å². The van der Waals surface area contributed by atoms with Crippen LogP contribution in [0, 0.1) is 5.82 Å². The Morgan fingerprint density at radius 3 is 2.70 bits per heavy atom. The Kier molecular flexibility index (Phi) is 8.30. The topological polar surface area (TPSA) is 29.5 Å². The van der Waals surface area contributed by atoms with Crippen molar-refractivity contribution in [3.05, 3.63) is 30.1 Å². The van der Waals surface area contributed by atoms with Gasteiger partial charge in [-0.15, -0.1) is 11.8 Å². The number of carbonyl (C=O) groups is 1. The van der Waals surface area contributed by atoms with Gasteiger partial charge in [0.2, 0.25) is 0 Å². The monoisotopic (exact) mass is 299 g/mol. The highest BCUT2D eigenvalue weighted by Gasteiger charge is 2.11. The summed E-state index contributed by atoms with van der Waals surface area (Å²) < 4.78 is 18.4. The van der Waals surface area contributed by atoms with Crippen molar-refractivity contribution in [1.82, 2.24) is 4.90 Å². The summed E-state index contributed by atoms with van der Waals surface area (Å²) in [6.45, 7) is 6.17. The Morgan fingerprint density at radius 1 is 1.30 bits per heavy atom. The molecule has 0 N–H and O–H groups in total. The molecule has 0 unspecified atom stereocenters. The maximum Gasteiger partial charge on any atom is 0.320 e. The van der Waals surface area contributed by atoms with E-state index in [-0.39, 0.29) is 11.8 Å². The van der Waals surface area contributed by atoms with E-state index in [1.807, 2.05) is 11.0 Å². The highest BCUT2D eigenvalue weighted by atomic mass is 32.2. The number of hydrogen-bond donors (Lipinski definition) is 0. The van der Waals surface area contributed by atoms with Crippen LogP contribution in [0.25, 0.3) is 0 Å². The van der Waals surface area contributed by atoms with Crippen LogP contribution in [0.4, 0.5) is 4.39 Å². The van der Waals surface area contributed by atoms with E-state index in [2.05, 4.69) is 6.92 Å². The summed E-state index contributed by atoms with van der Waals surface area (Å²) in [7, 11) is 0. The van der Waals surface area contributed by atoms with E-state index < -0.39 is 0 Å². The fourth-order valence-electron chi connectivity index (χ4n) is 1.82. The standard InChI is InChI=1S/C15H22FNO2S/c1-3-9-17(12-15(18)19-4-2)10-11-20-14-8-6-5-7-13(14)16/h5-8H,3-4,9-12H2,1-2H3. The number of hydrogen-bond acceptors (Lipinski definition) is 4. The second kappa shape index (κ2) is 9.77. The van der Waals surface area contributed by atoms with Gasteiger partial charge in [-0.05, 0) is 32.0 Å². The number of ether oxygens (including phenoxy) is 1.